The molecule has 19 heavy (non-hydrogen) atoms. The first kappa shape index (κ1) is 14.0. The molecule has 0 fully saturated rings. The molecule has 5 nitrogen and oxygen atoms in total. The van der Waals surface area contributed by atoms with Gasteiger partial charge in [-0.1, -0.05) is 18.2 Å². The van der Waals surface area contributed by atoms with Crippen molar-refractivity contribution in [3.63, 3.8) is 0 Å². The summed E-state index contributed by atoms with van der Waals surface area (Å²) in [5, 5.41) is 8.17. The van der Waals surface area contributed by atoms with Crippen LogP contribution >= 0.6 is 15.9 Å². The lowest BCUT2D eigenvalue weighted by Gasteiger charge is -2.06. The number of halogens is 1. The second-order valence-corrected chi connectivity index (χ2v) is 6.26. The minimum Gasteiger partial charge on any atom is -0.366 e. The Kier molecular flexibility index (Phi) is 4.18. The third-order valence-electron chi connectivity index (χ3n) is 2.44. The fourth-order valence-corrected chi connectivity index (χ4v) is 2.36. The molecule has 0 spiro atoms. The van der Waals surface area contributed by atoms with Crippen molar-refractivity contribution in [1.82, 2.24) is 4.98 Å². The predicted octanol–water partition coefficient (Wildman–Crippen LogP) is 2.10. The van der Waals surface area contributed by atoms with Crippen molar-refractivity contribution in [3.8, 4) is 0 Å². The maximum atomic E-state index is 11.1. The highest BCUT2D eigenvalue weighted by Gasteiger charge is 2.06. The molecule has 100 valence electrons. The Hall–Kier alpha value is -1.44. The summed E-state index contributed by atoms with van der Waals surface area (Å²) < 4.78 is 23.0. The molecule has 7 heteroatoms. The zero-order chi connectivity index (χ0) is 13.9. The van der Waals surface area contributed by atoms with E-state index in [1.807, 2.05) is 18.2 Å². The number of hydrogen-bond acceptors (Lipinski definition) is 4. The SMILES string of the molecule is NS(=O)(=O)c1ccc(CNc2cccc(Br)n2)cc1. The first-order chi connectivity index (χ1) is 8.95. The highest BCUT2D eigenvalue weighted by Crippen LogP contribution is 2.13. The van der Waals surface area contributed by atoms with E-state index in [-0.39, 0.29) is 4.90 Å². The molecule has 0 saturated heterocycles. The monoisotopic (exact) mass is 341 g/mol. The number of hydrogen-bond donors (Lipinski definition) is 2. The lowest BCUT2D eigenvalue weighted by atomic mass is 10.2. The lowest BCUT2D eigenvalue weighted by Crippen LogP contribution is -2.12. The third-order valence-corrected chi connectivity index (χ3v) is 3.81. The van der Waals surface area contributed by atoms with E-state index in [0.29, 0.717) is 6.54 Å². The second kappa shape index (κ2) is 5.68. The molecule has 2 aromatic rings. The number of nitrogens with one attached hydrogen (secondary N) is 1. The van der Waals surface area contributed by atoms with Crippen LogP contribution in [0.3, 0.4) is 0 Å². The smallest absolute Gasteiger partial charge is 0.238 e. The van der Waals surface area contributed by atoms with Crippen LogP contribution in [-0.2, 0) is 16.6 Å². The van der Waals surface area contributed by atoms with Gasteiger partial charge in [0.25, 0.3) is 0 Å². The summed E-state index contributed by atoms with van der Waals surface area (Å²) in [5.74, 6) is 0.741. The number of benzene rings is 1. The molecule has 0 atom stereocenters. The Morgan fingerprint density at radius 3 is 2.42 bits per heavy atom. The number of pyridine rings is 1. The molecule has 0 aliphatic heterocycles. The van der Waals surface area contributed by atoms with Crippen molar-refractivity contribution >= 4 is 31.8 Å². The fourth-order valence-electron chi connectivity index (χ4n) is 1.50. The Morgan fingerprint density at radius 2 is 1.84 bits per heavy atom. The predicted molar refractivity (Wildman–Crippen MR) is 77.1 cm³/mol. The molecule has 3 N–H and O–H groups in total. The van der Waals surface area contributed by atoms with Crippen LogP contribution in [0, 0.1) is 0 Å². The minimum absolute atomic E-state index is 0.108. The van der Waals surface area contributed by atoms with Gasteiger partial charge >= 0.3 is 0 Å². The minimum atomic E-state index is -3.63. The van der Waals surface area contributed by atoms with Gasteiger partial charge in [-0.3, -0.25) is 0 Å². The van der Waals surface area contributed by atoms with Gasteiger partial charge in [-0.25, -0.2) is 18.5 Å². The van der Waals surface area contributed by atoms with Crippen LogP contribution in [0.5, 0.6) is 0 Å². The molecular formula is C12H12BrN3O2S. The van der Waals surface area contributed by atoms with Crippen molar-refractivity contribution in [1.29, 1.82) is 0 Å². The number of sulfonamides is 1. The summed E-state index contributed by atoms with van der Waals surface area (Å²) in [6, 6.07) is 12.0. The summed E-state index contributed by atoms with van der Waals surface area (Å²) >= 11 is 3.29. The van der Waals surface area contributed by atoms with E-state index in [9.17, 15) is 8.42 Å². The quantitative estimate of drug-likeness (QED) is 0.834. The van der Waals surface area contributed by atoms with E-state index in [4.69, 9.17) is 5.14 Å². The van der Waals surface area contributed by atoms with Crippen LogP contribution in [-0.4, -0.2) is 13.4 Å². The summed E-state index contributed by atoms with van der Waals surface area (Å²) in [6.07, 6.45) is 0. The van der Waals surface area contributed by atoms with Crippen LogP contribution < -0.4 is 10.5 Å². The fraction of sp³-hybridized carbons (Fsp3) is 0.0833. The maximum absolute atomic E-state index is 11.1. The van der Waals surface area contributed by atoms with Crippen LogP contribution in [0.15, 0.2) is 52.0 Å². The molecule has 0 amide bonds. The van der Waals surface area contributed by atoms with Crippen LogP contribution in [0.1, 0.15) is 5.56 Å². The Morgan fingerprint density at radius 1 is 1.16 bits per heavy atom. The first-order valence-corrected chi connectivity index (χ1v) is 7.77. The van der Waals surface area contributed by atoms with Gasteiger partial charge in [0.2, 0.25) is 10.0 Å². The van der Waals surface area contributed by atoms with Gasteiger partial charge in [0.15, 0.2) is 0 Å². The van der Waals surface area contributed by atoms with Gasteiger partial charge in [-0.2, -0.15) is 0 Å². The Balaban J connectivity index is 2.05. The van der Waals surface area contributed by atoms with Gasteiger partial charge in [0.05, 0.1) is 4.90 Å². The summed E-state index contributed by atoms with van der Waals surface area (Å²) in [6.45, 7) is 0.550. The van der Waals surface area contributed by atoms with Crippen LogP contribution in [0.25, 0.3) is 0 Å². The van der Waals surface area contributed by atoms with E-state index in [1.165, 1.54) is 12.1 Å². The molecule has 0 bridgehead atoms. The third kappa shape index (κ3) is 4.02. The van der Waals surface area contributed by atoms with Crippen LogP contribution in [0.4, 0.5) is 5.82 Å². The lowest BCUT2D eigenvalue weighted by molar-refractivity contribution is 0.598. The number of anilines is 1. The number of primary sulfonamides is 1. The van der Waals surface area contributed by atoms with E-state index >= 15 is 0 Å². The highest BCUT2D eigenvalue weighted by molar-refractivity contribution is 9.10. The van der Waals surface area contributed by atoms with Crippen LogP contribution in [0.2, 0.25) is 0 Å². The van der Waals surface area contributed by atoms with Gasteiger partial charge in [0.1, 0.15) is 10.4 Å². The average molecular weight is 342 g/mol. The molecule has 0 saturated carbocycles. The molecule has 1 heterocycles. The zero-order valence-electron chi connectivity index (χ0n) is 9.88. The van der Waals surface area contributed by atoms with Gasteiger partial charge in [-0.15, -0.1) is 0 Å². The Labute approximate surface area is 120 Å². The van der Waals surface area contributed by atoms with Crippen molar-refractivity contribution in [3.05, 3.63) is 52.6 Å². The average Bonchev–Trinajstić information content (AvgIpc) is 2.36. The summed E-state index contributed by atoms with van der Waals surface area (Å²) in [7, 11) is -3.63. The molecule has 0 unspecified atom stereocenters. The number of aromatic nitrogens is 1. The molecule has 1 aromatic heterocycles. The number of nitrogens with two attached hydrogens (primary N) is 1. The normalized spacial score (nSPS) is 11.3. The van der Waals surface area contributed by atoms with E-state index < -0.39 is 10.0 Å². The molecular weight excluding hydrogens is 330 g/mol. The van der Waals surface area contributed by atoms with Crippen molar-refractivity contribution < 1.29 is 8.42 Å². The molecule has 0 aliphatic rings. The summed E-state index contributed by atoms with van der Waals surface area (Å²) in [5.41, 5.74) is 0.939. The molecule has 0 aliphatic carbocycles. The standard InChI is InChI=1S/C12H12BrN3O2S/c13-11-2-1-3-12(16-11)15-8-9-4-6-10(7-5-9)19(14,17)18/h1-7H,8H2,(H,15,16)(H2,14,17,18). The first-order valence-electron chi connectivity index (χ1n) is 5.43. The van der Waals surface area contributed by atoms with Gasteiger partial charge in [0, 0.05) is 6.54 Å². The highest BCUT2D eigenvalue weighted by atomic mass is 79.9. The largest absolute Gasteiger partial charge is 0.366 e. The van der Waals surface area contributed by atoms with E-state index in [0.717, 1.165) is 16.0 Å². The molecule has 0 radical (unpaired) electrons. The summed E-state index contributed by atoms with van der Waals surface area (Å²) in [4.78, 5) is 4.34. The second-order valence-electron chi connectivity index (χ2n) is 3.89. The molecule has 1 aromatic carbocycles. The van der Waals surface area contributed by atoms with E-state index in [1.54, 1.807) is 12.1 Å². The van der Waals surface area contributed by atoms with Gasteiger partial charge in [-0.05, 0) is 45.8 Å². The van der Waals surface area contributed by atoms with E-state index in [2.05, 4.69) is 26.2 Å². The van der Waals surface area contributed by atoms with Gasteiger partial charge < -0.3 is 5.32 Å². The van der Waals surface area contributed by atoms with Crippen molar-refractivity contribution in [2.75, 3.05) is 5.32 Å². The Bertz CT molecular complexity index is 672. The number of rotatable bonds is 4. The molecule has 2 rings (SSSR count). The zero-order valence-corrected chi connectivity index (χ0v) is 12.3. The topological polar surface area (TPSA) is 85.1 Å². The number of nitrogens with zero attached hydrogens (tertiary/aromatic N) is 1. The maximum Gasteiger partial charge on any atom is 0.238 e. The van der Waals surface area contributed by atoms with Crippen molar-refractivity contribution in [2.45, 2.75) is 11.4 Å². The van der Waals surface area contributed by atoms with Crippen molar-refractivity contribution in [2.24, 2.45) is 5.14 Å².